The SMILES string of the molecule is CCCc1[c]c(-c2ccc(Cl)cc2)nn1C(=O)Nc1nc2ccccc2s1. The minimum Gasteiger partial charge on any atom is -0.282 e. The number of hydrogen-bond acceptors (Lipinski definition) is 4. The van der Waals surface area contributed by atoms with E-state index in [-0.39, 0.29) is 6.03 Å². The van der Waals surface area contributed by atoms with Crippen LogP contribution in [-0.4, -0.2) is 20.8 Å². The number of amides is 1. The van der Waals surface area contributed by atoms with Gasteiger partial charge in [0, 0.05) is 16.7 Å². The Morgan fingerprint density at radius 2 is 2.00 bits per heavy atom. The molecule has 1 radical (unpaired) electrons. The topological polar surface area (TPSA) is 59.8 Å². The van der Waals surface area contributed by atoms with Gasteiger partial charge in [-0.1, -0.05) is 60.5 Å². The number of nitrogens with zero attached hydrogens (tertiary/aromatic N) is 3. The molecule has 0 fully saturated rings. The predicted octanol–water partition coefficient (Wildman–Crippen LogP) is 5.65. The number of carbonyl (C=O) groups is 1. The maximum absolute atomic E-state index is 12.8. The Morgan fingerprint density at radius 1 is 1.22 bits per heavy atom. The molecule has 0 atom stereocenters. The number of anilines is 1. The first-order valence-corrected chi connectivity index (χ1v) is 9.77. The van der Waals surface area contributed by atoms with Crippen molar-refractivity contribution in [1.82, 2.24) is 14.8 Å². The van der Waals surface area contributed by atoms with E-state index in [1.807, 2.05) is 36.4 Å². The molecule has 0 bridgehead atoms. The lowest BCUT2D eigenvalue weighted by Gasteiger charge is -2.05. The highest BCUT2D eigenvalue weighted by Gasteiger charge is 2.17. The Hall–Kier alpha value is -2.70. The van der Waals surface area contributed by atoms with Gasteiger partial charge in [-0.3, -0.25) is 5.32 Å². The van der Waals surface area contributed by atoms with Crippen LogP contribution in [0.1, 0.15) is 19.0 Å². The third-order valence-corrected chi connectivity index (χ3v) is 5.23. The summed E-state index contributed by atoms with van der Waals surface area (Å²) in [6.45, 7) is 2.05. The number of benzene rings is 2. The molecule has 0 spiro atoms. The molecule has 0 aliphatic carbocycles. The number of rotatable bonds is 4. The first kappa shape index (κ1) is 17.7. The summed E-state index contributed by atoms with van der Waals surface area (Å²) in [6, 6.07) is 18.0. The maximum Gasteiger partial charge on any atom is 0.348 e. The normalized spacial score (nSPS) is 11.0. The molecule has 4 rings (SSSR count). The molecule has 4 aromatic rings. The number of para-hydroxylation sites is 1. The van der Waals surface area contributed by atoms with Crippen LogP contribution in [-0.2, 0) is 6.42 Å². The summed E-state index contributed by atoms with van der Waals surface area (Å²) < 4.78 is 2.40. The third kappa shape index (κ3) is 3.72. The molecule has 2 aromatic heterocycles. The van der Waals surface area contributed by atoms with Crippen LogP contribution in [0.15, 0.2) is 48.5 Å². The van der Waals surface area contributed by atoms with Crippen molar-refractivity contribution in [3.8, 4) is 11.3 Å². The van der Waals surface area contributed by atoms with Gasteiger partial charge in [-0.05, 0) is 30.7 Å². The number of thiazole rings is 1. The summed E-state index contributed by atoms with van der Waals surface area (Å²) in [6.07, 6.45) is 1.59. The molecule has 1 N–H and O–H groups in total. The molecule has 0 aliphatic heterocycles. The van der Waals surface area contributed by atoms with Gasteiger partial charge in [0.2, 0.25) is 0 Å². The van der Waals surface area contributed by atoms with Gasteiger partial charge in [0.05, 0.1) is 15.9 Å². The first-order chi connectivity index (χ1) is 13.1. The van der Waals surface area contributed by atoms with Crippen molar-refractivity contribution in [3.63, 3.8) is 0 Å². The highest BCUT2D eigenvalue weighted by molar-refractivity contribution is 7.22. The number of aromatic nitrogens is 3. The fourth-order valence-electron chi connectivity index (χ4n) is 2.76. The molecule has 27 heavy (non-hydrogen) atoms. The number of halogens is 1. The Bertz CT molecular complexity index is 1070. The summed E-state index contributed by atoms with van der Waals surface area (Å²) in [7, 11) is 0. The van der Waals surface area contributed by atoms with E-state index < -0.39 is 0 Å². The van der Waals surface area contributed by atoms with Gasteiger partial charge in [-0.15, -0.1) is 0 Å². The molecule has 5 nitrogen and oxygen atoms in total. The lowest BCUT2D eigenvalue weighted by atomic mass is 10.1. The van der Waals surface area contributed by atoms with Gasteiger partial charge in [0.15, 0.2) is 5.13 Å². The maximum atomic E-state index is 12.8. The van der Waals surface area contributed by atoms with E-state index in [1.54, 1.807) is 12.1 Å². The summed E-state index contributed by atoms with van der Waals surface area (Å²) in [4.78, 5) is 17.2. The average molecular weight is 396 g/mol. The number of nitrogens with one attached hydrogen (secondary N) is 1. The lowest BCUT2D eigenvalue weighted by molar-refractivity contribution is 0.250. The molecule has 0 saturated carbocycles. The molecule has 1 amide bonds. The second-order valence-corrected chi connectivity index (χ2v) is 7.47. The first-order valence-electron chi connectivity index (χ1n) is 8.58. The number of fused-ring (bicyclic) bond motifs is 1. The molecule has 7 heteroatoms. The largest absolute Gasteiger partial charge is 0.348 e. The Morgan fingerprint density at radius 3 is 2.74 bits per heavy atom. The number of hydrogen-bond donors (Lipinski definition) is 1. The highest BCUT2D eigenvalue weighted by atomic mass is 35.5. The van der Waals surface area contributed by atoms with Gasteiger partial charge in [-0.25, -0.2) is 9.78 Å². The van der Waals surface area contributed by atoms with Crippen molar-refractivity contribution < 1.29 is 4.79 Å². The van der Waals surface area contributed by atoms with E-state index in [9.17, 15) is 4.79 Å². The molecular weight excluding hydrogens is 380 g/mol. The predicted molar refractivity (Wildman–Crippen MR) is 110 cm³/mol. The van der Waals surface area contributed by atoms with Gasteiger partial charge < -0.3 is 0 Å². The molecule has 2 aromatic carbocycles. The zero-order chi connectivity index (χ0) is 18.8. The molecule has 135 valence electrons. The smallest absolute Gasteiger partial charge is 0.282 e. The van der Waals surface area contributed by atoms with Crippen LogP contribution in [0.25, 0.3) is 21.5 Å². The quantitative estimate of drug-likeness (QED) is 0.486. The van der Waals surface area contributed by atoms with Crippen LogP contribution >= 0.6 is 22.9 Å². The minimum absolute atomic E-state index is 0.339. The number of carbonyl (C=O) groups excluding carboxylic acids is 1. The highest BCUT2D eigenvalue weighted by Crippen LogP contribution is 2.26. The average Bonchev–Trinajstić information content (AvgIpc) is 3.26. The molecule has 0 aliphatic rings. The van der Waals surface area contributed by atoms with Crippen molar-refractivity contribution in [1.29, 1.82) is 0 Å². The standard InChI is InChI=1S/C20H16ClN4OS/c1-2-5-15-12-17(13-8-10-14(21)11-9-13)24-25(15)20(26)23-19-22-16-6-3-4-7-18(16)27-19/h3-4,6-11H,2,5H2,1H3,(H,22,23,26). The third-order valence-electron chi connectivity index (χ3n) is 4.02. The molecule has 0 saturated heterocycles. The Labute approximate surface area is 165 Å². The second kappa shape index (κ2) is 7.50. The summed E-state index contributed by atoms with van der Waals surface area (Å²) >= 11 is 7.39. The Kier molecular flexibility index (Phi) is 4.92. The Balaban J connectivity index is 1.64. The van der Waals surface area contributed by atoms with E-state index >= 15 is 0 Å². The fourth-order valence-corrected chi connectivity index (χ4v) is 3.74. The minimum atomic E-state index is -0.339. The summed E-state index contributed by atoms with van der Waals surface area (Å²) in [5.74, 6) is 0. The van der Waals surface area contributed by atoms with Crippen LogP contribution < -0.4 is 5.32 Å². The van der Waals surface area contributed by atoms with Gasteiger partial charge in [-0.2, -0.15) is 9.78 Å². The van der Waals surface area contributed by atoms with Crippen molar-refractivity contribution >= 4 is 44.3 Å². The van der Waals surface area contributed by atoms with Crippen molar-refractivity contribution in [2.45, 2.75) is 19.8 Å². The second-order valence-electron chi connectivity index (χ2n) is 6.01. The van der Waals surface area contributed by atoms with Gasteiger partial charge >= 0.3 is 6.03 Å². The molecule has 2 heterocycles. The van der Waals surface area contributed by atoms with Crippen molar-refractivity contribution in [2.75, 3.05) is 5.32 Å². The van der Waals surface area contributed by atoms with Crippen molar-refractivity contribution in [3.05, 3.63) is 65.3 Å². The van der Waals surface area contributed by atoms with Gasteiger partial charge in [0.1, 0.15) is 5.69 Å². The zero-order valence-corrected chi connectivity index (χ0v) is 16.1. The molecule has 0 unspecified atom stereocenters. The lowest BCUT2D eigenvalue weighted by Crippen LogP contribution is -2.22. The van der Waals surface area contributed by atoms with Crippen LogP contribution in [0.5, 0.6) is 0 Å². The van der Waals surface area contributed by atoms with Crippen LogP contribution in [0.3, 0.4) is 0 Å². The van der Waals surface area contributed by atoms with Crippen LogP contribution in [0, 0.1) is 6.07 Å². The van der Waals surface area contributed by atoms with E-state index in [0.717, 1.165) is 27.9 Å². The van der Waals surface area contributed by atoms with Crippen molar-refractivity contribution in [2.24, 2.45) is 0 Å². The zero-order valence-electron chi connectivity index (χ0n) is 14.6. The van der Waals surface area contributed by atoms with E-state index in [4.69, 9.17) is 11.6 Å². The van der Waals surface area contributed by atoms with Crippen LogP contribution in [0.4, 0.5) is 9.93 Å². The monoisotopic (exact) mass is 395 g/mol. The van der Waals surface area contributed by atoms with Crippen LogP contribution in [0.2, 0.25) is 5.02 Å². The van der Waals surface area contributed by atoms with E-state index in [0.29, 0.717) is 22.3 Å². The molecular formula is C20H16ClN4OS. The van der Waals surface area contributed by atoms with Gasteiger partial charge in [0.25, 0.3) is 0 Å². The summed E-state index contributed by atoms with van der Waals surface area (Å²) in [5.41, 5.74) is 3.08. The fraction of sp³-hybridized carbons (Fsp3) is 0.150. The van der Waals surface area contributed by atoms with E-state index in [2.05, 4.69) is 28.4 Å². The summed E-state index contributed by atoms with van der Waals surface area (Å²) in [5, 5.41) is 8.51. The van der Waals surface area contributed by atoms with E-state index in [1.165, 1.54) is 16.0 Å². The number of aryl methyl sites for hydroxylation is 1.